The van der Waals surface area contributed by atoms with E-state index < -0.39 is 41.5 Å². The van der Waals surface area contributed by atoms with Gasteiger partial charge in [0.15, 0.2) is 0 Å². The van der Waals surface area contributed by atoms with Crippen LogP contribution in [0.4, 0.5) is 23.4 Å². The van der Waals surface area contributed by atoms with E-state index in [-0.39, 0.29) is 24.8 Å². The van der Waals surface area contributed by atoms with Crippen LogP contribution in [0, 0.1) is 11.3 Å². The highest BCUT2D eigenvalue weighted by molar-refractivity contribution is 7.82. The molecule has 1 saturated heterocycles. The number of halogens is 4. The summed E-state index contributed by atoms with van der Waals surface area (Å²) < 4.78 is 67.8. The van der Waals surface area contributed by atoms with E-state index in [9.17, 15) is 21.8 Å². The van der Waals surface area contributed by atoms with Crippen LogP contribution in [0.3, 0.4) is 0 Å². The molecule has 1 fully saturated rings. The number of hydrogen-bond donors (Lipinski definition) is 3. The number of alkyl halides is 4. The molecule has 0 radical (unpaired) electrons. The molecule has 2 aromatic heterocycles. The molecule has 3 unspecified atom stereocenters. The van der Waals surface area contributed by atoms with Crippen molar-refractivity contribution in [3.05, 3.63) is 30.5 Å². The molecule has 13 heteroatoms. The maximum atomic E-state index is 14.4. The zero-order valence-electron chi connectivity index (χ0n) is 17.4. The minimum atomic E-state index is -2.94. The monoisotopic (exact) mass is 473 g/mol. The molecule has 0 aromatic carbocycles. The molecule has 8 nitrogen and oxygen atoms in total. The Morgan fingerprint density at radius 2 is 2.19 bits per heavy atom. The number of aromatic nitrogens is 4. The maximum Gasteiger partial charge on any atom is 0.279 e. The van der Waals surface area contributed by atoms with Crippen molar-refractivity contribution in [2.24, 2.45) is 5.92 Å². The Morgan fingerprint density at radius 1 is 1.44 bits per heavy atom. The van der Waals surface area contributed by atoms with Crippen LogP contribution in [0.25, 0.3) is 17.5 Å². The number of nitrogens with zero attached hydrogens (tertiary/aromatic N) is 4. The van der Waals surface area contributed by atoms with Crippen molar-refractivity contribution in [3.8, 4) is 11.4 Å². The van der Waals surface area contributed by atoms with Gasteiger partial charge in [0.25, 0.3) is 12.3 Å². The van der Waals surface area contributed by atoms with Gasteiger partial charge in [0.1, 0.15) is 18.0 Å². The number of hydrogen-bond acceptors (Lipinski definition) is 6. The van der Waals surface area contributed by atoms with Crippen molar-refractivity contribution in [2.75, 3.05) is 24.2 Å². The first kappa shape index (κ1) is 24.0. The minimum absolute atomic E-state index is 0.179. The Hall–Kier alpha value is -2.67. The molecule has 3 atom stereocenters. The van der Waals surface area contributed by atoms with Gasteiger partial charge in [-0.25, -0.2) is 41.4 Å². The number of imidazole rings is 1. The molecule has 0 aliphatic carbocycles. The van der Waals surface area contributed by atoms with E-state index in [0.29, 0.717) is 17.2 Å². The molecular weight excluding hydrogens is 450 g/mol. The largest absolute Gasteiger partial charge is 0.347 e. The average Bonchev–Trinajstić information content (AvgIpc) is 3.21. The van der Waals surface area contributed by atoms with Crippen LogP contribution in [0.2, 0.25) is 0 Å². The van der Waals surface area contributed by atoms with Crippen LogP contribution in [0.15, 0.2) is 24.7 Å². The summed E-state index contributed by atoms with van der Waals surface area (Å²) in [6.45, 7) is 1.49. The van der Waals surface area contributed by atoms with E-state index >= 15 is 0 Å². The molecule has 0 saturated carbocycles. The topological polar surface area (TPSA) is 111 Å². The smallest absolute Gasteiger partial charge is 0.279 e. The Kier molecular flexibility index (Phi) is 7.39. The van der Waals surface area contributed by atoms with Crippen LogP contribution in [0.1, 0.15) is 19.2 Å². The molecule has 0 bridgehead atoms. The number of piperidine rings is 1. The van der Waals surface area contributed by atoms with E-state index in [1.54, 1.807) is 6.07 Å². The first-order valence-corrected chi connectivity index (χ1v) is 11.2. The van der Waals surface area contributed by atoms with Crippen LogP contribution in [-0.4, -0.2) is 67.6 Å². The van der Waals surface area contributed by atoms with Crippen molar-refractivity contribution in [1.82, 2.24) is 24.7 Å². The molecular formula is C19H23F4N7OS. The van der Waals surface area contributed by atoms with Crippen LogP contribution >= 0.6 is 0 Å². The summed E-state index contributed by atoms with van der Waals surface area (Å²) >= 11 is 0. The molecule has 0 spiro atoms. The first-order chi connectivity index (χ1) is 15.1. The number of allylic oxidation sites excluding steroid dienone is 1. The molecule has 1 aliphatic rings. The van der Waals surface area contributed by atoms with Gasteiger partial charge in [0.05, 0.1) is 40.8 Å². The summed E-state index contributed by atoms with van der Waals surface area (Å²) in [6, 6.07) is 1.25. The lowest BCUT2D eigenvalue weighted by Gasteiger charge is -2.43. The van der Waals surface area contributed by atoms with E-state index in [0.717, 1.165) is 6.08 Å². The Balaban J connectivity index is 1.82. The standard InChI is InChI=1S/C19H23F4N7OS/c1-11-12(7-28-32(2)31)6-19(22,23)9-30(11)17-5-14(26-10-27-17)15-8-25-16(29-15)4-3-13(24)18(20)21/h3-5,8,10-12,18,24,28H,6-7,9H2,1-2H3,(H,25,29)/b4-3-,24-13?. The van der Waals surface area contributed by atoms with Crippen molar-refractivity contribution in [1.29, 1.82) is 5.41 Å². The number of aromatic amines is 1. The number of anilines is 1. The zero-order chi connectivity index (χ0) is 23.5. The molecule has 1 aliphatic heterocycles. The molecule has 2 aromatic rings. The molecule has 3 N–H and O–H groups in total. The van der Waals surface area contributed by atoms with E-state index in [2.05, 4.69) is 24.7 Å². The maximum absolute atomic E-state index is 14.4. The summed E-state index contributed by atoms with van der Waals surface area (Å²) in [5.74, 6) is -2.85. The van der Waals surface area contributed by atoms with E-state index in [1.807, 2.05) is 6.92 Å². The minimum Gasteiger partial charge on any atom is -0.347 e. The molecule has 3 heterocycles. The summed E-state index contributed by atoms with van der Waals surface area (Å²) in [5.41, 5.74) is -0.0207. The lowest BCUT2D eigenvalue weighted by molar-refractivity contribution is -0.0371. The van der Waals surface area contributed by atoms with Crippen molar-refractivity contribution in [2.45, 2.75) is 31.7 Å². The molecule has 3 rings (SSSR count). The highest BCUT2D eigenvalue weighted by atomic mass is 32.2. The first-order valence-electron chi connectivity index (χ1n) is 9.69. The summed E-state index contributed by atoms with van der Waals surface area (Å²) in [4.78, 5) is 16.7. The summed E-state index contributed by atoms with van der Waals surface area (Å²) in [6.07, 6.45) is 3.10. The van der Waals surface area contributed by atoms with Crippen LogP contribution in [-0.2, 0) is 11.0 Å². The second-order valence-electron chi connectivity index (χ2n) is 7.52. The second kappa shape index (κ2) is 9.86. The third-order valence-electron chi connectivity index (χ3n) is 5.16. The van der Waals surface area contributed by atoms with Gasteiger partial charge in [-0.3, -0.25) is 5.41 Å². The highest BCUT2D eigenvalue weighted by Gasteiger charge is 2.44. The summed E-state index contributed by atoms with van der Waals surface area (Å²) in [5, 5.41) is 7.14. The van der Waals surface area contributed by atoms with Gasteiger partial charge in [0.2, 0.25) is 0 Å². The van der Waals surface area contributed by atoms with Gasteiger partial charge in [0, 0.05) is 31.3 Å². The fraction of sp³-hybridized carbons (Fsp3) is 0.474. The second-order valence-corrected chi connectivity index (χ2v) is 8.72. The van der Waals surface area contributed by atoms with E-state index in [4.69, 9.17) is 5.41 Å². The lowest BCUT2D eigenvalue weighted by Crippen LogP contribution is -2.55. The van der Waals surface area contributed by atoms with Crippen molar-refractivity contribution < 1.29 is 21.8 Å². The van der Waals surface area contributed by atoms with Gasteiger partial charge in [-0.05, 0) is 25.0 Å². The fourth-order valence-corrected chi connectivity index (χ4v) is 3.92. The predicted molar refractivity (Wildman–Crippen MR) is 114 cm³/mol. The van der Waals surface area contributed by atoms with E-state index in [1.165, 1.54) is 29.8 Å². The van der Waals surface area contributed by atoms with Crippen molar-refractivity contribution in [3.63, 3.8) is 0 Å². The third kappa shape index (κ3) is 5.97. The average molecular weight is 474 g/mol. The van der Waals surface area contributed by atoms with Gasteiger partial charge in [-0.1, -0.05) is 0 Å². The number of nitrogens with one attached hydrogen (secondary N) is 3. The summed E-state index contributed by atoms with van der Waals surface area (Å²) in [7, 11) is -1.31. The normalized spacial score (nSPS) is 21.9. The fourth-order valence-electron chi connectivity index (χ4n) is 3.47. The molecule has 0 amide bonds. The number of rotatable bonds is 8. The Morgan fingerprint density at radius 3 is 2.88 bits per heavy atom. The molecule has 32 heavy (non-hydrogen) atoms. The van der Waals surface area contributed by atoms with Crippen LogP contribution < -0.4 is 9.62 Å². The SMILES string of the molecule is CC1C(CNS(C)=O)CC(F)(F)CN1c1cc(-c2cnc(/C=C\C(=N)C(F)F)[nH]2)ncn1. The zero-order valence-corrected chi connectivity index (χ0v) is 18.2. The van der Waals surface area contributed by atoms with Gasteiger partial charge >= 0.3 is 0 Å². The molecule has 174 valence electrons. The highest BCUT2D eigenvalue weighted by Crippen LogP contribution is 2.36. The number of H-pyrrole nitrogens is 1. The quantitative estimate of drug-likeness (QED) is 0.403. The van der Waals surface area contributed by atoms with Gasteiger partial charge in [-0.2, -0.15) is 0 Å². The van der Waals surface area contributed by atoms with Crippen LogP contribution in [0.5, 0.6) is 0 Å². The Bertz CT molecular complexity index is 1010. The third-order valence-corrected chi connectivity index (χ3v) is 5.73. The Labute approximate surface area is 184 Å². The van der Waals surface area contributed by atoms with Gasteiger partial charge < -0.3 is 9.88 Å². The van der Waals surface area contributed by atoms with Gasteiger partial charge in [-0.15, -0.1) is 0 Å². The predicted octanol–water partition coefficient (Wildman–Crippen LogP) is 2.90. The lowest BCUT2D eigenvalue weighted by atomic mass is 9.88. The van der Waals surface area contributed by atoms with Crippen molar-refractivity contribution >= 4 is 28.6 Å².